The molecule has 1 aromatic carbocycles. The predicted octanol–water partition coefficient (Wildman–Crippen LogP) is 4.29. The Morgan fingerprint density at radius 2 is 2.08 bits per heavy atom. The zero-order valence-electron chi connectivity index (χ0n) is 15.1. The van der Waals surface area contributed by atoms with Gasteiger partial charge in [-0.25, -0.2) is 0 Å². The summed E-state index contributed by atoms with van der Waals surface area (Å²) in [4.78, 5) is 11.2. The highest BCUT2D eigenvalue weighted by Gasteiger charge is 2.32. The van der Waals surface area contributed by atoms with Gasteiger partial charge in [0, 0.05) is 24.0 Å². The fourth-order valence-corrected chi connectivity index (χ4v) is 4.04. The van der Waals surface area contributed by atoms with Crippen molar-refractivity contribution in [2.75, 3.05) is 6.54 Å². The SMILES string of the molecule is CCC(c1ccccc1)C1CCCN1Cc1nc(-c2cccnc2)no1. The zero-order valence-corrected chi connectivity index (χ0v) is 15.1. The minimum Gasteiger partial charge on any atom is -0.338 e. The van der Waals surface area contributed by atoms with E-state index in [9.17, 15) is 0 Å². The molecule has 2 atom stereocenters. The molecule has 1 saturated heterocycles. The van der Waals surface area contributed by atoms with Crippen molar-refractivity contribution >= 4 is 0 Å². The molecule has 4 rings (SSSR count). The lowest BCUT2D eigenvalue weighted by Gasteiger charge is -2.30. The van der Waals surface area contributed by atoms with Crippen LogP contribution in [-0.2, 0) is 6.54 Å². The van der Waals surface area contributed by atoms with Crippen molar-refractivity contribution in [1.82, 2.24) is 20.0 Å². The Kier molecular flexibility index (Phi) is 5.07. The highest BCUT2D eigenvalue weighted by atomic mass is 16.5. The fourth-order valence-electron chi connectivity index (χ4n) is 4.04. The normalized spacial score (nSPS) is 18.9. The lowest BCUT2D eigenvalue weighted by molar-refractivity contribution is 0.186. The van der Waals surface area contributed by atoms with Crippen LogP contribution in [-0.4, -0.2) is 32.6 Å². The van der Waals surface area contributed by atoms with Crippen molar-refractivity contribution in [3.63, 3.8) is 0 Å². The number of rotatable bonds is 6. The van der Waals surface area contributed by atoms with Crippen LogP contribution in [0, 0.1) is 0 Å². The number of nitrogens with zero attached hydrogens (tertiary/aromatic N) is 4. The van der Waals surface area contributed by atoms with Crippen LogP contribution in [0.25, 0.3) is 11.4 Å². The minimum absolute atomic E-state index is 0.524. The van der Waals surface area contributed by atoms with Gasteiger partial charge in [-0.2, -0.15) is 4.98 Å². The first-order chi connectivity index (χ1) is 12.8. The lowest BCUT2D eigenvalue weighted by Crippen LogP contribution is -2.34. The molecule has 26 heavy (non-hydrogen) atoms. The summed E-state index contributed by atoms with van der Waals surface area (Å²) in [5, 5.41) is 4.12. The summed E-state index contributed by atoms with van der Waals surface area (Å²) >= 11 is 0. The molecule has 1 aliphatic rings. The van der Waals surface area contributed by atoms with Crippen molar-refractivity contribution in [2.24, 2.45) is 0 Å². The first kappa shape index (κ1) is 16.9. The van der Waals surface area contributed by atoms with E-state index < -0.39 is 0 Å². The van der Waals surface area contributed by atoms with Gasteiger partial charge < -0.3 is 4.52 Å². The molecule has 0 aliphatic carbocycles. The largest absolute Gasteiger partial charge is 0.338 e. The molecule has 0 saturated carbocycles. The van der Waals surface area contributed by atoms with E-state index in [-0.39, 0.29) is 0 Å². The number of hydrogen-bond donors (Lipinski definition) is 0. The van der Waals surface area contributed by atoms with Gasteiger partial charge in [0.2, 0.25) is 11.7 Å². The van der Waals surface area contributed by atoms with E-state index in [1.807, 2.05) is 12.1 Å². The second-order valence-corrected chi connectivity index (χ2v) is 6.86. The van der Waals surface area contributed by atoms with Crippen LogP contribution in [0.5, 0.6) is 0 Å². The highest BCUT2D eigenvalue weighted by molar-refractivity contribution is 5.51. The van der Waals surface area contributed by atoms with Gasteiger partial charge in [0.05, 0.1) is 6.54 Å². The molecule has 3 heterocycles. The molecule has 0 N–H and O–H groups in total. The van der Waals surface area contributed by atoms with Gasteiger partial charge in [0.25, 0.3) is 0 Å². The number of aromatic nitrogens is 3. The summed E-state index contributed by atoms with van der Waals surface area (Å²) < 4.78 is 5.52. The summed E-state index contributed by atoms with van der Waals surface area (Å²) in [5.74, 6) is 1.83. The van der Waals surface area contributed by atoms with Crippen LogP contribution in [0.15, 0.2) is 59.4 Å². The van der Waals surface area contributed by atoms with Gasteiger partial charge in [-0.1, -0.05) is 42.4 Å². The van der Waals surface area contributed by atoms with Gasteiger partial charge in [-0.15, -0.1) is 0 Å². The van der Waals surface area contributed by atoms with Crippen molar-refractivity contribution in [2.45, 2.75) is 44.7 Å². The summed E-state index contributed by atoms with van der Waals surface area (Å²) in [6, 6.07) is 15.2. The summed E-state index contributed by atoms with van der Waals surface area (Å²) in [6.07, 6.45) is 7.08. The third-order valence-electron chi connectivity index (χ3n) is 5.27. The molecule has 2 aromatic heterocycles. The van der Waals surface area contributed by atoms with E-state index in [0.29, 0.717) is 30.2 Å². The number of pyridine rings is 1. The zero-order chi connectivity index (χ0) is 17.8. The Labute approximate surface area is 154 Å². The Hall–Kier alpha value is -2.53. The van der Waals surface area contributed by atoms with Crippen molar-refractivity contribution in [3.8, 4) is 11.4 Å². The second kappa shape index (κ2) is 7.79. The van der Waals surface area contributed by atoms with E-state index in [1.165, 1.54) is 18.4 Å². The van der Waals surface area contributed by atoms with Gasteiger partial charge in [0.1, 0.15) is 0 Å². The third-order valence-corrected chi connectivity index (χ3v) is 5.27. The maximum Gasteiger partial charge on any atom is 0.241 e. The fraction of sp³-hybridized carbons (Fsp3) is 0.381. The summed E-state index contributed by atoms with van der Waals surface area (Å²) in [5.41, 5.74) is 2.31. The van der Waals surface area contributed by atoms with Gasteiger partial charge in [-0.05, 0) is 49.4 Å². The van der Waals surface area contributed by atoms with E-state index >= 15 is 0 Å². The number of hydrogen-bond acceptors (Lipinski definition) is 5. The molecule has 1 aliphatic heterocycles. The smallest absolute Gasteiger partial charge is 0.241 e. The van der Waals surface area contributed by atoms with E-state index in [4.69, 9.17) is 4.52 Å². The standard InChI is InChI=1S/C21H24N4O/c1-2-18(16-8-4-3-5-9-16)19-11-7-13-25(19)15-20-23-21(24-26-20)17-10-6-12-22-14-17/h3-6,8-10,12,14,18-19H,2,7,11,13,15H2,1H3. The average Bonchev–Trinajstić information content (AvgIpc) is 3.35. The molecular weight excluding hydrogens is 324 g/mol. The predicted molar refractivity (Wildman–Crippen MR) is 100 cm³/mol. The van der Waals surface area contributed by atoms with Crippen LogP contribution >= 0.6 is 0 Å². The Bertz CT molecular complexity index is 818. The average molecular weight is 348 g/mol. The Balaban J connectivity index is 1.50. The lowest BCUT2D eigenvalue weighted by atomic mass is 9.88. The molecule has 2 unspecified atom stereocenters. The monoisotopic (exact) mass is 348 g/mol. The first-order valence-electron chi connectivity index (χ1n) is 9.37. The molecule has 0 spiro atoms. The quantitative estimate of drug-likeness (QED) is 0.665. The second-order valence-electron chi connectivity index (χ2n) is 6.86. The highest BCUT2D eigenvalue weighted by Crippen LogP contribution is 2.34. The molecule has 5 heteroatoms. The molecule has 3 aromatic rings. The first-order valence-corrected chi connectivity index (χ1v) is 9.37. The minimum atomic E-state index is 0.524. The van der Waals surface area contributed by atoms with E-state index in [0.717, 1.165) is 18.5 Å². The van der Waals surface area contributed by atoms with Crippen LogP contribution in [0.2, 0.25) is 0 Å². The van der Waals surface area contributed by atoms with E-state index in [2.05, 4.69) is 57.3 Å². The van der Waals surface area contributed by atoms with Crippen molar-refractivity contribution in [3.05, 3.63) is 66.3 Å². The number of benzene rings is 1. The summed E-state index contributed by atoms with van der Waals surface area (Å²) in [7, 11) is 0. The van der Waals surface area contributed by atoms with E-state index in [1.54, 1.807) is 12.4 Å². The maximum atomic E-state index is 5.52. The van der Waals surface area contributed by atoms with Crippen LogP contribution in [0.1, 0.15) is 43.6 Å². The Morgan fingerprint density at radius 1 is 1.19 bits per heavy atom. The van der Waals surface area contributed by atoms with Crippen LogP contribution in [0.3, 0.4) is 0 Å². The molecule has 0 radical (unpaired) electrons. The van der Waals surface area contributed by atoms with Gasteiger partial charge in [-0.3, -0.25) is 9.88 Å². The topological polar surface area (TPSA) is 55.1 Å². The van der Waals surface area contributed by atoms with Crippen LogP contribution in [0.4, 0.5) is 0 Å². The molecule has 134 valence electrons. The van der Waals surface area contributed by atoms with Crippen molar-refractivity contribution in [1.29, 1.82) is 0 Å². The maximum absolute atomic E-state index is 5.52. The third kappa shape index (κ3) is 3.53. The molecule has 0 bridgehead atoms. The molecular formula is C21H24N4O. The molecule has 5 nitrogen and oxygen atoms in total. The molecule has 1 fully saturated rings. The summed E-state index contributed by atoms with van der Waals surface area (Å²) in [6.45, 7) is 4.07. The molecule has 0 amide bonds. The number of likely N-dealkylation sites (tertiary alicyclic amines) is 1. The Morgan fingerprint density at radius 3 is 2.85 bits per heavy atom. The van der Waals surface area contributed by atoms with Crippen LogP contribution < -0.4 is 0 Å². The van der Waals surface area contributed by atoms with Gasteiger partial charge in [0.15, 0.2) is 0 Å². The van der Waals surface area contributed by atoms with Gasteiger partial charge >= 0.3 is 0 Å². The van der Waals surface area contributed by atoms with Crippen molar-refractivity contribution < 1.29 is 4.52 Å².